The van der Waals surface area contributed by atoms with Crippen LogP contribution in [0.4, 0.5) is 0 Å². The molecule has 3 nitrogen and oxygen atoms in total. The molecule has 0 aliphatic carbocycles. The molecule has 0 aromatic carbocycles. The first kappa shape index (κ1) is 13.0. The molecule has 0 bridgehead atoms. The van der Waals surface area contributed by atoms with Crippen LogP contribution in [0.5, 0.6) is 0 Å². The quantitative estimate of drug-likeness (QED) is 0.659. The number of nitrogens with zero attached hydrogens (tertiary/aromatic N) is 2. The van der Waals surface area contributed by atoms with Crippen molar-refractivity contribution < 1.29 is 0 Å². The molecule has 15 heavy (non-hydrogen) atoms. The minimum atomic E-state index is 0. The third-order valence-electron chi connectivity index (χ3n) is 2.17. The first-order valence-corrected chi connectivity index (χ1v) is 5.96. The van der Waals surface area contributed by atoms with Crippen molar-refractivity contribution in [2.24, 2.45) is 0 Å². The van der Waals surface area contributed by atoms with Crippen molar-refractivity contribution in [2.45, 2.75) is 23.1 Å². The fraction of sp³-hybridized carbons (Fsp3) is 0.556. The van der Waals surface area contributed by atoms with Gasteiger partial charge in [-0.1, -0.05) is 0 Å². The highest BCUT2D eigenvalue weighted by Crippen LogP contribution is 2.27. The van der Waals surface area contributed by atoms with Crippen LogP contribution in [0, 0.1) is 0 Å². The van der Waals surface area contributed by atoms with Crippen LogP contribution in [0.2, 0.25) is 5.28 Å². The number of halogens is 2. The molecular weight excluding hydrogens is 253 g/mol. The van der Waals surface area contributed by atoms with Crippen LogP contribution in [-0.2, 0) is 0 Å². The zero-order chi connectivity index (χ0) is 9.80. The summed E-state index contributed by atoms with van der Waals surface area (Å²) in [6.07, 6.45) is 4.11. The molecule has 1 aromatic rings. The number of nitrogens with one attached hydrogen (secondary N) is 1. The molecule has 0 unspecified atom stereocenters. The van der Waals surface area contributed by atoms with Gasteiger partial charge in [0.1, 0.15) is 5.03 Å². The Balaban J connectivity index is 0.00000112. The molecule has 2 rings (SSSR count). The van der Waals surface area contributed by atoms with Gasteiger partial charge in [0.2, 0.25) is 5.28 Å². The van der Waals surface area contributed by atoms with Gasteiger partial charge in [-0.3, -0.25) is 0 Å². The monoisotopic (exact) mass is 265 g/mol. The van der Waals surface area contributed by atoms with Gasteiger partial charge in [-0.05, 0) is 43.6 Å². The van der Waals surface area contributed by atoms with Crippen molar-refractivity contribution in [3.8, 4) is 0 Å². The minimum Gasteiger partial charge on any atom is -0.317 e. The van der Waals surface area contributed by atoms with E-state index in [4.69, 9.17) is 11.6 Å². The van der Waals surface area contributed by atoms with Crippen molar-refractivity contribution in [2.75, 3.05) is 13.1 Å². The van der Waals surface area contributed by atoms with E-state index in [1.807, 2.05) is 6.07 Å². The number of hydrogen-bond donors (Lipinski definition) is 1. The van der Waals surface area contributed by atoms with Gasteiger partial charge in [-0.25, -0.2) is 9.97 Å². The lowest BCUT2D eigenvalue weighted by Crippen LogP contribution is -2.29. The Labute approximate surface area is 105 Å². The summed E-state index contributed by atoms with van der Waals surface area (Å²) in [7, 11) is 0. The second-order valence-corrected chi connectivity index (χ2v) is 4.89. The number of rotatable bonds is 2. The fourth-order valence-electron chi connectivity index (χ4n) is 1.47. The van der Waals surface area contributed by atoms with Crippen LogP contribution in [-0.4, -0.2) is 28.3 Å². The van der Waals surface area contributed by atoms with Crippen LogP contribution in [0.25, 0.3) is 0 Å². The molecule has 0 atom stereocenters. The molecular formula is C9H13Cl2N3S. The second kappa shape index (κ2) is 6.53. The Morgan fingerprint density at radius 2 is 2.13 bits per heavy atom. The zero-order valence-corrected chi connectivity index (χ0v) is 10.5. The Morgan fingerprint density at radius 1 is 1.40 bits per heavy atom. The Kier molecular flexibility index (Phi) is 5.68. The van der Waals surface area contributed by atoms with Gasteiger partial charge in [0, 0.05) is 11.4 Å². The third kappa shape index (κ3) is 4.15. The summed E-state index contributed by atoms with van der Waals surface area (Å²) in [6, 6.07) is 1.92. The Bertz CT molecular complexity index is 305. The highest BCUT2D eigenvalue weighted by atomic mass is 35.5. The van der Waals surface area contributed by atoms with Gasteiger partial charge in [-0.15, -0.1) is 24.2 Å². The van der Waals surface area contributed by atoms with Crippen molar-refractivity contribution in [3.63, 3.8) is 0 Å². The SMILES string of the molecule is Cl.Clc1nccc(SC2CCNCC2)n1. The number of piperidine rings is 1. The molecule has 1 aliphatic rings. The smallest absolute Gasteiger partial charge is 0.223 e. The second-order valence-electron chi connectivity index (χ2n) is 3.23. The van der Waals surface area contributed by atoms with Gasteiger partial charge >= 0.3 is 0 Å². The standard InChI is InChI=1S/C9H12ClN3S.ClH/c10-9-12-6-3-8(13-9)14-7-1-4-11-5-2-7;/h3,6-7,11H,1-2,4-5H2;1H. The van der Waals surface area contributed by atoms with Crippen molar-refractivity contribution in [3.05, 3.63) is 17.5 Å². The van der Waals surface area contributed by atoms with Crippen LogP contribution in [0.3, 0.4) is 0 Å². The van der Waals surface area contributed by atoms with E-state index < -0.39 is 0 Å². The summed E-state index contributed by atoms with van der Waals surface area (Å²) >= 11 is 7.52. The molecule has 0 radical (unpaired) electrons. The van der Waals surface area contributed by atoms with E-state index in [-0.39, 0.29) is 12.4 Å². The van der Waals surface area contributed by atoms with E-state index in [2.05, 4.69) is 15.3 Å². The normalized spacial score (nSPS) is 17.1. The molecule has 2 heterocycles. The molecule has 0 spiro atoms. The molecule has 1 aliphatic heterocycles. The van der Waals surface area contributed by atoms with E-state index >= 15 is 0 Å². The summed E-state index contributed by atoms with van der Waals surface area (Å²) in [5.41, 5.74) is 0. The predicted molar refractivity (Wildman–Crippen MR) is 66.0 cm³/mol. The van der Waals surface area contributed by atoms with Gasteiger partial charge in [-0.2, -0.15) is 0 Å². The van der Waals surface area contributed by atoms with Crippen LogP contribution >= 0.6 is 35.8 Å². The number of aromatic nitrogens is 2. The van der Waals surface area contributed by atoms with E-state index in [1.54, 1.807) is 18.0 Å². The zero-order valence-electron chi connectivity index (χ0n) is 8.15. The maximum Gasteiger partial charge on any atom is 0.223 e. The van der Waals surface area contributed by atoms with Crippen molar-refractivity contribution in [1.82, 2.24) is 15.3 Å². The first-order chi connectivity index (χ1) is 6.84. The Morgan fingerprint density at radius 3 is 2.80 bits per heavy atom. The molecule has 0 amide bonds. The summed E-state index contributed by atoms with van der Waals surface area (Å²) < 4.78 is 0. The molecule has 6 heteroatoms. The minimum absolute atomic E-state index is 0. The van der Waals surface area contributed by atoms with E-state index in [0.29, 0.717) is 10.5 Å². The molecule has 0 saturated carbocycles. The molecule has 1 aromatic heterocycles. The maximum atomic E-state index is 5.71. The largest absolute Gasteiger partial charge is 0.317 e. The van der Waals surface area contributed by atoms with E-state index in [9.17, 15) is 0 Å². The van der Waals surface area contributed by atoms with E-state index in [1.165, 1.54) is 12.8 Å². The average Bonchev–Trinajstić information content (AvgIpc) is 2.19. The van der Waals surface area contributed by atoms with Gasteiger partial charge in [0.05, 0.1) is 0 Å². The molecule has 1 fully saturated rings. The van der Waals surface area contributed by atoms with Crippen molar-refractivity contribution in [1.29, 1.82) is 0 Å². The van der Waals surface area contributed by atoms with Gasteiger partial charge in [0.25, 0.3) is 0 Å². The highest BCUT2D eigenvalue weighted by molar-refractivity contribution is 7.99. The fourth-order valence-corrected chi connectivity index (χ4v) is 2.76. The summed E-state index contributed by atoms with van der Waals surface area (Å²) in [6.45, 7) is 2.22. The van der Waals surface area contributed by atoms with Crippen LogP contribution < -0.4 is 5.32 Å². The third-order valence-corrected chi connectivity index (χ3v) is 3.63. The predicted octanol–water partition coefficient (Wildman–Crippen LogP) is 2.40. The topological polar surface area (TPSA) is 37.8 Å². The summed E-state index contributed by atoms with van der Waals surface area (Å²) in [4.78, 5) is 8.03. The number of hydrogen-bond acceptors (Lipinski definition) is 4. The van der Waals surface area contributed by atoms with Crippen LogP contribution in [0.1, 0.15) is 12.8 Å². The summed E-state index contributed by atoms with van der Waals surface area (Å²) in [5, 5.41) is 5.33. The van der Waals surface area contributed by atoms with Gasteiger partial charge in [0.15, 0.2) is 0 Å². The maximum absolute atomic E-state index is 5.71. The molecule has 84 valence electrons. The van der Waals surface area contributed by atoms with Crippen LogP contribution in [0.15, 0.2) is 17.3 Å². The summed E-state index contributed by atoms with van der Waals surface area (Å²) in [5.74, 6) is 0. The van der Waals surface area contributed by atoms with Crippen molar-refractivity contribution >= 4 is 35.8 Å². The highest BCUT2D eigenvalue weighted by Gasteiger charge is 2.14. The van der Waals surface area contributed by atoms with Gasteiger partial charge < -0.3 is 5.32 Å². The van der Waals surface area contributed by atoms with E-state index in [0.717, 1.165) is 18.1 Å². The first-order valence-electron chi connectivity index (χ1n) is 4.70. The Hall–Kier alpha value is -0.0300. The lowest BCUT2D eigenvalue weighted by atomic mass is 10.2. The average molecular weight is 266 g/mol. The molecule has 1 N–H and O–H groups in total. The lowest BCUT2D eigenvalue weighted by molar-refractivity contribution is 0.531. The lowest BCUT2D eigenvalue weighted by Gasteiger charge is -2.21. The number of thioether (sulfide) groups is 1. The molecule has 1 saturated heterocycles.